The van der Waals surface area contributed by atoms with Gasteiger partial charge < -0.3 is 24.8 Å². The van der Waals surface area contributed by atoms with Crippen molar-refractivity contribution in [2.45, 2.75) is 47.9 Å². The number of benzene rings is 2. The molecule has 0 saturated carbocycles. The average molecular weight is 562 g/mol. The summed E-state index contributed by atoms with van der Waals surface area (Å²) in [6, 6.07) is 9.34. The predicted molar refractivity (Wildman–Crippen MR) is 103 cm³/mol. The molecule has 0 spiro atoms. The monoisotopic (exact) mass is 562 g/mol. The fraction of sp³-hybridized carbons (Fsp3) is 0.333. The molecular formula is C24H24Cl2Hf. The Bertz CT molecular complexity index is 905. The van der Waals surface area contributed by atoms with E-state index in [0.29, 0.717) is 0 Å². The third-order valence-electron chi connectivity index (χ3n) is 6.46. The summed E-state index contributed by atoms with van der Waals surface area (Å²) in [7, 11) is 0. The summed E-state index contributed by atoms with van der Waals surface area (Å²) in [4.78, 5) is 0. The smallest absolute Gasteiger partial charge is 1.00 e. The molecule has 0 nitrogen and oxygen atoms in total. The first-order valence-electron chi connectivity index (χ1n) is 9.42. The van der Waals surface area contributed by atoms with Gasteiger partial charge in [0.15, 0.2) is 0 Å². The van der Waals surface area contributed by atoms with Gasteiger partial charge in [-0.05, 0) is 0 Å². The molecule has 2 aliphatic carbocycles. The second-order valence-corrected chi connectivity index (χ2v) is 13.4. The maximum absolute atomic E-state index is 2.57. The van der Waals surface area contributed by atoms with Crippen molar-refractivity contribution in [1.29, 1.82) is 0 Å². The van der Waals surface area contributed by atoms with Gasteiger partial charge in [0.05, 0.1) is 0 Å². The van der Waals surface area contributed by atoms with Gasteiger partial charge in [-0.2, -0.15) is 0 Å². The van der Waals surface area contributed by atoms with Crippen LogP contribution in [-0.4, -0.2) is 0 Å². The first kappa shape index (κ1) is 21.1. The topological polar surface area (TPSA) is 0 Å². The van der Waals surface area contributed by atoms with Crippen LogP contribution < -0.4 is 24.8 Å². The molecule has 1 heterocycles. The number of hydrogen-bond donors (Lipinski definition) is 0. The van der Waals surface area contributed by atoms with Crippen LogP contribution in [0.4, 0.5) is 0 Å². The predicted octanol–water partition coefficient (Wildman–Crippen LogP) is 0.381. The summed E-state index contributed by atoms with van der Waals surface area (Å²) in [6.45, 7) is 9.24. The Hall–Kier alpha value is -0.630. The van der Waals surface area contributed by atoms with E-state index in [4.69, 9.17) is 0 Å². The van der Waals surface area contributed by atoms with Gasteiger partial charge in [0.2, 0.25) is 0 Å². The van der Waals surface area contributed by atoms with Crippen molar-refractivity contribution in [2.75, 3.05) is 0 Å². The fourth-order valence-corrected chi connectivity index (χ4v) is 13.4. The first-order chi connectivity index (χ1) is 12.0. The largest absolute Gasteiger partial charge is 1.00 e. The van der Waals surface area contributed by atoms with Crippen LogP contribution in [0.1, 0.15) is 64.7 Å². The Morgan fingerprint density at radius 1 is 0.630 bits per heavy atom. The number of aryl methyl sites for hydroxylation is 4. The Kier molecular flexibility index (Phi) is 5.98. The van der Waals surface area contributed by atoms with Crippen LogP contribution >= 0.6 is 0 Å². The van der Waals surface area contributed by atoms with Crippen LogP contribution in [-0.2, 0) is 22.9 Å². The van der Waals surface area contributed by atoms with Crippen molar-refractivity contribution in [3.63, 3.8) is 0 Å². The molecule has 5 rings (SSSR count). The average Bonchev–Trinajstić information content (AvgIpc) is 3.10. The molecular weight excluding hydrogens is 538 g/mol. The third-order valence-corrected chi connectivity index (χ3v) is 13.6. The van der Waals surface area contributed by atoms with Crippen LogP contribution in [0.3, 0.4) is 0 Å². The van der Waals surface area contributed by atoms with Crippen LogP contribution in [0.5, 0.6) is 0 Å². The summed E-state index contributed by atoms with van der Waals surface area (Å²) in [6.07, 6.45) is 7.70. The molecule has 0 amide bonds. The molecule has 0 bridgehead atoms. The molecule has 1 aliphatic heterocycles. The third kappa shape index (κ3) is 3.15. The Balaban J connectivity index is 0.00000105. The van der Waals surface area contributed by atoms with Gasteiger partial charge in [-0.3, -0.25) is 0 Å². The van der Waals surface area contributed by atoms with Crippen molar-refractivity contribution >= 4 is 12.2 Å². The van der Waals surface area contributed by atoms with E-state index < -0.39 is 22.9 Å². The summed E-state index contributed by atoms with van der Waals surface area (Å²) < 4.78 is 1.63. The molecule has 1 saturated heterocycles. The van der Waals surface area contributed by atoms with Crippen LogP contribution in [0.25, 0.3) is 12.2 Å². The molecule has 138 valence electrons. The quantitative estimate of drug-likeness (QED) is 0.408. The van der Waals surface area contributed by atoms with Gasteiger partial charge in [0.25, 0.3) is 0 Å². The van der Waals surface area contributed by atoms with E-state index in [0.717, 1.165) is 7.35 Å². The van der Waals surface area contributed by atoms with Crippen molar-refractivity contribution in [1.82, 2.24) is 0 Å². The maximum atomic E-state index is 2.57. The Morgan fingerprint density at radius 3 is 1.41 bits per heavy atom. The molecule has 0 radical (unpaired) electrons. The van der Waals surface area contributed by atoms with Gasteiger partial charge in [-0.15, -0.1) is 0 Å². The minimum Gasteiger partial charge on any atom is -1.00 e. The Morgan fingerprint density at radius 2 is 1.00 bits per heavy atom. The number of rotatable bonds is 0. The summed E-state index contributed by atoms with van der Waals surface area (Å²) in [5, 5.41) is 0. The fourth-order valence-electron chi connectivity index (χ4n) is 5.04. The zero-order valence-corrected chi connectivity index (χ0v) is 21.4. The summed E-state index contributed by atoms with van der Waals surface area (Å²) in [5.41, 5.74) is 16.1. The molecule has 2 unspecified atom stereocenters. The minimum absolute atomic E-state index is 0. The zero-order valence-electron chi connectivity index (χ0n) is 16.3. The number of hydrogen-bond acceptors (Lipinski definition) is 0. The van der Waals surface area contributed by atoms with Crippen molar-refractivity contribution in [2.24, 2.45) is 0 Å². The molecule has 0 aromatic heterocycles. The second kappa shape index (κ2) is 7.65. The normalized spacial score (nSPS) is 20.9. The van der Waals surface area contributed by atoms with E-state index in [2.05, 4.69) is 64.1 Å². The van der Waals surface area contributed by atoms with E-state index in [-0.39, 0.29) is 24.8 Å². The van der Waals surface area contributed by atoms with Gasteiger partial charge in [-0.25, -0.2) is 0 Å². The van der Waals surface area contributed by atoms with Crippen molar-refractivity contribution in [3.05, 3.63) is 79.9 Å². The molecule has 2 aromatic rings. The molecule has 2 atom stereocenters. The van der Waals surface area contributed by atoms with E-state index in [9.17, 15) is 0 Å². The number of fused-ring (bicyclic) bond motifs is 6. The van der Waals surface area contributed by atoms with E-state index in [1.165, 1.54) is 35.1 Å². The van der Waals surface area contributed by atoms with Gasteiger partial charge in [0.1, 0.15) is 0 Å². The minimum atomic E-state index is -0.918. The second-order valence-electron chi connectivity index (χ2n) is 8.02. The Labute approximate surface area is 186 Å². The number of allylic oxidation sites excluding steroid dienone is 2. The van der Waals surface area contributed by atoms with Gasteiger partial charge in [-0.1, -0.05) is 0 Å². The molecule has 1 fully saturated rings. The van der Waals surface area contributed by atoms with E-state index >= 15 is 0 Å². The maximum Gasteiger partial charge on any atom is -1.00 e. The molecule has 3 aliphatic rings. The van der Waals surface area contributed by atoms with Crippen LogP contribution in [0.15, 0.2) is 35.4 Å². The standard InChI is InChI=1S/C24H24.2ClH.Hf/c1-15-5-6-16(2)22-12-19(11-21(15)22)9-10-20-13-23-17(3)7-8-18(4)24(23)14-20;;;/h5-8,11-14H,9-10H2,1-4H3;2*1H;/q;;;+2/p-2. The molecule has 2 aromatic carbocycles. The van der Waals surface area contributed by atoms with Crippen LogP contribution in [0, 0.1) is 27.7 Å². The van der Waals surface area contributed by atoms with E-state index in [1.54, 1.807) is 33.4 Å². The summed E-state index contributed by atoms with van der Waals surface area (Å²) >= 11 is -0.918. The number of halogens is 2. The van der Waals surface area contributed by atoms with Gasteiger partial charge >= 0.3 is 163 Å². The first-order valence-corrected chi connectivity index (χ1v) is 13.6. The van der Waals surface area contributed by atoms with Crippen molar-refractivity contribution < 1.29 is 47.7 Å². The van der Waals surface area contributed by atoms with E-state index in [1.807, 2.05) is 0 Å². The van der Waals surface area contributed by atoms with Gasteiger partial charge in [0, 0.05) is 0 Å². The molecule has 27 heavy (non-hydrogen) atoms. The molecule has 0 N–H and O–H groups in total. The SMILES string of the molecule is Cc1ccc(C)c2c1C=C1CCC3=Cc4c(C)ccc(C)c4[CH]3[Hf+2][CH]12.[Cl-].[Cl-]. The summed E-state index contributed by atoms with van der Waals surface area (Å²) in [5.74, 6) is 0. The van der Waals surface area contributed by atoms with Crippen molar-refractivity contribution in [3.8, 4) is 0 Å². The van der Waals surface area contributed by atoms with Crippen LogP contribution in [0.2, 0.25) is 0 Å². The zero-order chi connectivity index (χ0) is 17.3. The molecule has 3 heteroatoms.